The molecule has 0 aliphatic heterocycles. The van der Waals surface area contributed by atoms with Crippen LogP contribution >= 0.6 is 0 Å². The second-order valence-corrected chi connectivity index (χ2v) is 3.92. The number of hydrogen-bond donors (Lipinski definition) is 1. The molecule has 0 bridgehead atoms. The summed E-state index contributed by atoms with van der Waals surface area (Å²) in [5.74, 6) is -0.252. The highest BCUT2D eigenvalue weighted by Crippen LogP contribution is 2.33. The highest BCUT2D eigenvalue weighted by molar-refractivity contribution is 5.67. The summed E-state index contributed by atoms with van der Waals surface area (Å²) in [6.45, 7) is 0. The average molecular weight is 263 g/mol. The number of halogens is 3. The molecule has 0 saturated carbocycles. The van der Waals surface area contributed by atoms with Crippen molar-refractivity contribution in [2.75, 3.05) is 0 Å². The summed E-state index contributed by atoms with van der Waals surface area (Å²) < 4.78 is 37.8. The van der Waals surface area contributed by atoms with Crippen molar-refractivity contribution in [3.63, 3.8) is 0 Å². The molecule has 2 rings (SSSR count). The van der Waals surface area contributed by atoms with E-state index < -0.39 is 11.7 Å². The third-order valence-electron chi connectivity index (χ3n) is 2.64. The van der Waals surface area contributed by atoms with Gasteiger partial charge >= 0.3 is 6.18 Å². The van der Waals surface area contributed by atoms with Crippen molar-refractivity contribution in [2.24, 2.45) is 0 Å². The van der Waals surface area contributed by atoms with Crippen LogP contribution in [0.25, 0.3) is 11.1 Å². The van der Waals surface area contributed by atoms with Crippen molar-refractivity contribution in [2.45, 2.75) is 6.18 Å². The predicted octanol–water partition coefficient (Wildman–Crippen LogP) is 3.95. The Morgan fingerprint density at radius 2 is 1.68 bits per heavy atom. The van der Waals surface area contributed by atoms with Crippen molar-refractivity contribution < 1.29 is 18.3 Å². The van der Waals surface area contributed by atoms with Gasteiger partial charge in [0, 0.05) is 0 Å². The van der Waals surface area contributed by atoms with E-state index in [0.29, 0.717) is 11.1 Å². The van der Waals surface area contributed by atoms with Crippen LogP contribution < -0.4 is 0 Å². The standard InChI is InChI=1S/C14H8F3NO/c15-14(16,17)12-3-1-2-9(6-12)10-4-5-11(8-18)13(19)7-10/h1-7,19H. The van der Waals surface area contributed by atoms with E-state index in [1.165, 1.54) is 30.3 Å². The molecule has 0 spiro atoms. The summed E-state index contributed by atoms with van der Waals surface area (Å²) in [6, 6.07) is 10.7. The fourth-order valence-electron chi connectivity index (χ4n) is 1.68. The van der Waals surface area contributed by atoms with Crippen LogP contribution in [0.15, 0.2) is 42.5 Å². The molecule has 19 heavy (non-hydrogen) atoms. The number of hydrogen-bond acceptors (Lipinski definition) is 2. The third-order valence-corrected chi connectivity index (χ3v) is 2.64. The zero-order valence-electron chi connectivity index (χ0n) is 9.57. The van der Waals surface area contributed by atoms with E-state index in [1.54, 1.807) is 6.07 Å². The second-order valence-electron chi connectivity index (χ2n) is 3.92. The molecule has 0 aliphatic carbocycles. The van der Waals surface area contributed by atoms with Crippen molar-refractivity contribution >= 4 is 0 Å². The molecule has 2 aromatic rings. The Morgan fingerprint density at radius 1 is 1.00 bits per heavy atom. The average Bonchev–Trinajstić information content (AvgIpc) is 2.38. The summed E-state index contributed by atoms with van der Waals surface area (Å²) in [6.07, 6.45) is -4.41. The number of nitriles is 1. The van der Waals surface area contributed by atoms with E-state index in [4.69, 9.17) is 5.26 Å². The molecular formula is C14H8F3NO. The normalized spacial score (nSPS) is 11.1. The fourth-order valence-corrected chi connectivity index (χ4v) is 1.68. The van der Waals surface area contributed by atoms with Crippen LogP contribution in [-0.2, 0) is 6.18 Å². The monoisotopic (exact) mass is 263 g/mol. The molecule has 5 heteroatoms. The molecule has 0 saturated heterocycles. The van der Waals surface area contributed by atoms with Gasteiger partial charge in [-0.1, -0.05) is 18.2 Å². The van der Waals surface area contributed by atoms with Gasteiger partial charge in [0.15, 0.2) is 0 Å². The van der Waals surface area contributed by atoms with Crippen molar-refractivity contribution in [3.05, 3.63) is 53.6 Å². The summed E-state index contributed by atoms with van der Waals surface area (Å²) in [4.78, 5) is 0. The molecule has 0 radical (unpaired) electrons. The molecule has 0 aliphatic rings. The van der Waals surface area contributed by atoms with Crippen LogP contribution in [0, 0.1) is 11.3 Å². The minimum absolute atomic E-state index is 0.0794. The van der Waals surface area contributed by atoms with Gasteiger partial charge < -0.3 is 5.11 Å². The Bertz CT molecular complexity index is 656. The molecule has 0 unspecified atom stereocenters. The van der Waals surface area contributed by atoms with E-state index in [0.717, 1.165) is 12.1 Å². The highest BCUT2D eigenvalue weighted by Gasteiger charge is 2.30. The summed E-state index contributed by atoms with van der Waals surface area (Å²) >= 11 is 0. The molecule has 2 nitrogen and oxygen atoms in total. The lowest BCUT2D eigenvalue weighted by molar-refractivity contribution is -0.137. The SMILES string of the molecule is N#Cc1ccc(-c2cccc(C(F)(F)F)c2)cc1O. The first-order valence-corrected chi connectivity index (χ1v) is 5.32. The maximum absolute atomic E-state index is 12.6. The van der Waals surface area contributed by atoms with E-state index in [2.05, 4.69) is 0 Å². The van der Waals surface area contributed by atoms with Crippen LogP contribution in [0.2, 0.25) is 0 Å². The Labute approximate surface area is 107 Å². The lowest BCUT2D eigenvalue weighted by Gasteiger charge is -2.09. The number of phenolic OH excluding ortho intramolecular Hbond substituents is 1. The Kier molecular flexibility index (Phi) is 3.17. The number of nitrogens with zero attached hydrogens (tertiary/aromatic N) is 1. The van der Waals surface area contributed by atoms with E-state index in [1.807, 2.05) is 0 Å². The smallest absolute Gasteiger partial charge is 0.416 e. The third kappa shape index (κ3) is 2.68. The molecule has 0 amide bonds. The van der Waals surface area contributed by atoms with Gasteiger partial charge in [-0.3, -0.25) is 0 Å². The lowest BCUT2D eigenvalue weighted by atomic mass is 10.0. The number of phenols is 1. The van der Waals surface area contributed by atoms with Crippen molar-refractivity contribution in [1.82, 2.24) is 0 Å². The molecule has 0 heterocycles. The van der Waals surface area contributed by atoms with Crippen LogP contribution in [0.5, 0.6) is 5.75 Å². The maximum Gasteiger partial charge on any atom is 0.416 e. The summed E-state index contributed by atoms with van der Waals surface area (Å²) in [5.41, 5.74) is 0.0711. The first kappa shape index (κ1) is 13.0. The van der Waals surface area contributed by atoms with Crippen molar-refractivity contribution in [1.29, 1.82) is 5.26 Å². The van der Waals surface area contributed by atoms with Gasteiger partial charge in [-0.25, -0.2) is 0 Å². The molecule has 1 N–H and O–H groups in total. The Morgan fingerprint density at radius 3 is 2.26 bits per heavy atom. The molecule has 96 valence electrons. The summed E-state index contributed by atoms with van der Waals surface area (Å²) in [5, 5.41) is 18.2. The topological polar surface area (TPSA) is 44.0 Å². The van der Waals surface area contributed by atoms with E-state index in [9.17, 15) is 18.3 Å². The molecule has 0 fully saturated rings. The van der Waals surface area contributed by atoms with E-state index >= 15 is 0 Å². The van der Waals surface area contributed by atoms with Crippen molar-refractivity contribution in [3.8, 4) is 22.9 Å². The molecule has 0 atom stereocenters. The fraction of sp³-hybridized carbons (Fsp3) is 0.0714. The quantitative estimate of drug-likeness (QED) is 0.846. The van der Waals surface area contributed by atoms with Gasteiger partial charge in [0.05, 0.1) is 11.1 Å². The highest BCUT2D eigenvalue weighted by atomic mass is 19.4. The zero-order valence-corrected chi connectivity index (χ0v) is 9.57. The van der Waals surface area contributed by atoms with E-state index in [-0.39, 0.29) is 11.3 Å². The lowest BCUT2D eigenvalue weighted by Crippen LogP contribution is -2.04. The largest absolute Gasteiger partial charge is 0.507 e. The van der Waals surface area contributed by atoms with Gasteiger partial charge in [-0.15, -0.1) is 0 Å². The van der Waals surface area contributed by atoms with Gasteiger partial charge in [-0.2, -0.15) is 18.4 Å². The van der Waals surface area contributed by atoms with Crippen LogP contribution in [-0.4, -0.2) is 5.11 Å². The number of benzene rings is 2. The maximum atomic E-state index is 12.6. The molecule has 2 aromatic carbocycles. The Hall–Kier alpha value is -2.48. The minimum Gasteiger partial charge on any atom is -0.507 e. The number of alkyl halides is 3. The zero-order chi connectivity index (χ0) is 14.0. The first-order chi connectivity index (χ1) is 8.91. The Balaban J connectivity index is 2.48. The van der Waals surface area contributed by atoms with Gasteiger partial charge in [0.25, 0.3) is 0 Å². The van der Waals surface area contributed by atoms with Gasteiger partial charge in [0.1, 0.15) is 11.8 Å². The van der Waals surface area contributed by atoms with Crippen LogP contribution in [0.3, 0.4) is 0 Å². The molecular weight excluding hydrogens is 255 g/mol. The summed E-state index contributed by atoms with van der Waals surface area (Å²) in [7, 11) is 0. The predicted molar refractivity (Wildman–Crippen MR) is 63.3 cm³/mol. The second kappa shape index (κ2) is 4.65. The number of rotatable bonds is 1. The first-order valence-electron chi connectivity index (χ1n) is 5.32. The van der Waals surface area contributed by atoms with Gasteiger partial charge in [0.2, 0.25) is 0 Å². The van der Waals surface area contributed by atoms with Crippen LogP contribution in [0.1, 0.15) is 11.1 Å². The molecule has 0 aromatic heterocycles. The minimum atomic E-state index is -4.41. The number of aromatic hydroxyl groups is 1. The van der Waals surface area contributed by atoms with Gasteiger partial charge in [-0.05, 0) is 35.4 Å². The van der Waals surface area contributed by atoms with Crippen LogP contribution in [0.4, 0.5) is 13.2 Å².